The maximum Gasteiger partial charge on any atom is 0.411 e. The Bertz CT molecular complexity index is 1440. The first-order chi connectivity index (χ1) is 19.2. The Hall–Kier alpha value is -3.52. The number of carbonyl (C=O) groups excluding carboxylic acids is 4. The van der Waals surface area contributed by atoms with Crippen molar-refractivity contribution in [1.82, 2.24) is 29.0 Å². The van der Waals surface area contributed by atoms with Crippen LogP contribution in [0.5, 0.6) is 0 Å². The van der Waals surface area contributed by atoms with Gasteiger partial charge in [0.15, 0.2) is 0 Å². The molecule has 41 heavy (non-hydrogen) atoms. The second kappa shape index (κ2) is 12.1. The number of benzene rings is 1. The molecule has 0 bridgehead atoms. The van der Waals surface area contributed by atoms with Gasteiger partial charge in [-0.05, 0) is 64.3 Å². The third-order valence-electron chi connectivity index (χ3n) is 7.25. The van der Waals surface area contributed by atoms with Crippen LogP contribution in [0.1, 0.15) is 51.6 Å². The number of amides is 4. The normalized spacial score (nSPS) is 21.0. The van der Waals surface area contributed by atoms with E-state index in [-0.39, 0.29) is 31.0 Å². The summed E-state index contributed by atoms with van der Waals surface area (Å²) in [5, 5.41) is 2.32. The monoisotopic (exact) mass is 590 g/mol. The van der Waals surface area contributed by atoms with Gasteiger partial charge in [-0.25, -0.2) is 13.8 Å². The van der Waals surface area contributed by atoms with Crippen LogP contribution < -0.4 is 15.7 Å². The average molecular weight is 591 g/mol. The number of piperazine rings is 1. The summed E-state index contributed by atoms with van der Waals surface area (Å²) in [6.07, 6.45) is 2.70. The Balaban J connectivity index is 1.42. The molecule has 3 heterocycles. The minimum atomic E-state index is -1.57. The molecule has 0 spiro atoms. The summed E-state index contributed by atoms with van der Waals surface area (Å²) in [6.45, 7) is 7.08. The van der Waals surface area contributed by atoms with Gasteiger partial charge in [0.05, 0.1) is 11.0 Å². The second-order valence-corrected chi connectivity index (χ2v) is 12.6. The van der Waals surface area contributed by atoms with Gasteiger partial charge in [-0.3, -0.25) is 43.4 Å². The van der Waals surface area contributed by atoms with Crippen LogP contribution in [0, 0.1) is 0 Å². The Labute approximate surface area is 240 Å². The first-order valence-corrected chi connectivity index (χ1v) is 15.2. The summed E-state index contributed by atoms with van der Waals surface area (Å²) in [5.41, 5.74) is 1.32. The molecule has 13 nitrogen and oxygen atoms in total. The van der Waals surface area contributed by atoms with E-state index >= 15 is 0 Å². The summed E-state index contributed by atoms with van der Waals surface area (Å²) >= 11 is 0. The third kappa shape index (κ3) is 7.04. The lowest BCUT2D eigenvalue weighted by molar-refractivity contribution is -0.135. The number of aromatic nitrogens is 2. The number of aryl methyl sites for hydroxylation is 2. The number of fused-ring (bicyclic) bond motifs is 1. The molecule has 4 amide bonds. The molecule has 0 radical (unpaired) electrons. The largest absolute Gasteiger partial charge is 0.444 e. The number of carbonyl (C=O) groups is 4. The van der Waals surface area contributed by atoms with Crippen molar-refractivity contribution < 1.29 is 28.1 Å². The Morgan fingerprint density at radius 3 is 2.54 bits per heavy atom. The summed E-state index contributed by atoms with van der Waals surface area (Å²) in [5.74, 6) is -1.29. The Kier molecular flexibility index (Phi) is 9.02. The Morgan fingerprint density at radius 1 is 1.15 bits per heavy atom. The molecule has 2 aliphatic rings. The fraction of sp³-hybridized carbons (Fsp3) is 0.593. The standard InChI is InChI=1S/C27H38N6O7S/c1-27(2,3)40-26(38)32-14-13-31(16-21(32)24(36)29-41(5)39)12-6-7-17-8-9-18-20(15-17)30(4)25(37)33(18)19-10-11-22(34)28-23(19)35/h8-9,15,19,21H,6-7,10-14,16H2,1-5H3,(H,29,36)(H,28,34,35). The molecular formula is C27H38N6O7S. The predicted molar refractivity (Wildman–Crippen MR) is 152 cm³/mol. The van der Waals surface area contributed by atoms with Crippen LogP contribution in [-0.2, 0) is 43.6 Å². The van der Waals surface area contributed by atoms with Crippen molar-refractivity contribution >= 4 is 45.8 Å². The fourth-order valence-electron chi connectivity index (χ4n) is 5.32. The van der Waals surface area contributed by atoms with Gasteiger partial charge >= 0.3 is 11.8 Å². The van der Waals surface area contributed by atoms with Gasteiger partial charge in [-0.1, -0.05) is 6.07 Å². The van der Waals surface area contributed by atoms with E-state index in [2.05, 4.69) is 14.9 Å². The fourth-order valence-corrected chi connectivity index (χ4v) is 5.74. The lowest BCUT2D eigenvalue weighted by Crippen LogP contribution is -2.61. The van der Waals surface area contributed by atoms with Crippen molar-refractivity contribution in [3.05, 3.63) is 34.2 Å². The van der Waals surface area contributed by atoms with Gasteiger partial charge < -0.3 is 4.74 Å². The topological polar surface area (TPSA) is 152 Å². The van der Waals surface area contributed by atoms with E-state index in [1.165, 1.54) is 20.3 Å². The van der Waals surface area contributed by atoms with Crippen LogP contribution in [0.15, 0.2) is 23.0 Å². The molecule has 0 aliphatic carbocycles. The summed E-state index contributed by atoms with van der Waals surface area (Å²) in [4.78, 5) is 66.1. The molecule has 1 aromatic carbocycles. The van der Waals surface area contributed by atoms with Gasteiger partial charge in [0, 0.05) is 39.4 Å². The van der Waals surface area contributed by atoms with Crippen LogP contribution in [0.4, 0.5) is 4.79 Å². The number of nitrogens with one attached hydrogen (secondary N) is 2. The van der Waals surface area contributed by atoms with Gasteiger partial charge in [0.2, 0.25) is 11.8 Å². The number of hydrogen-bond donors (Lipinski definition) is 2. The SMILES string of the molecule is Cn1c(=O)n(C2CCC(=O)NC2=O)c2ccc(CCCN3CCN(C(=O)OC(C)(C)C)C(C(=O)NS(C)=O)C3)cc21. The molecule has 2 aromatic rings. The lowest BCUT2D eigenvalue weighted by Gasteiger charge is -2.40. The highest BCUT2D eigenvalue weighted by Crippen LogP contribution is 2.24. The molecule has 2 N–H and O–H groups in total. The van der Waals surface area contributed by atoms with Crippen molar-refractivity contribution in [2.45, 2.75) is 64.1 Å². The molecule has 3 unspecified atom stereocenters. The number of hydrogen-bond acceptors (Lipinski definition) is 8. The Morgan fingerprint density at radius 2 is 1.88 bits per heavy atom. The molecule has 4 rings (SSSR count). The van der Waals surface area contributed by atoms with Crippen LogP contribution >= 0.6 is 0 Å². The smallest absolute Gasteiger partial charge is 0.411 e. The predicted octanol–water partition coefficient (Wildman–Crippen LogP) is 0.581. The van der Waals surface area contributed by atoms with Crippen molar-refractivity contribution in [2.75, 3.05) is 32.4 Å². The molecule has 0 saturated carbocycles. The summed E-state index contributed by atoms with van der Waals surface area (Å²) in [6, 6.07) is 4.13. The second-order valence-electron chi connectivity index (χ2n) is 11.5. The summed E-state index contributed by atoms with van der Waals surface area (Å²) in [7, 11) is 0.0970. The lowest BCUT2D eigenvalue weighted by atomic mass is 10.0. The van der Waals surface area contributed by atoms with E-state index in [4.69, 9.17) is 4.74 Å². The van der Waals surface area contributed by atoms with Gasteiger partial charge in [0.1, 0.15) is 28.7 Å². The van der Waals surface area contributed by atoms with Crippen molar-refractivity contribution in [1.29, 1.82) is 0 Å². The van der Waals surface area contributed by atoms with Gasteiger partial charge in [-0.2, -0.15) is 0 Å². The first-order valence-electron chi connectivity index (χ1n) is 13.6. The highest BCUT2D eigenvalue weighted by Gasteiger charge is 2.38. The highest BCUT2D eigenvalue weighted by atomic mass is 32.2. The zero-order valence-electron chi connectivity index (χ0n) is 24.1. The quantitative estimate of drug-likeness (QED) is 0.445. The van der Waals surface area contributed by atoms with Gasteiger partial charge in [-0.15, -0.1) is 0 Å². The van der Waals surface area contributed by atoms with Crippen molar-refractivity contribution in [3.63, 3.8) is 0 Å². The summed E-state index contributed by atoms with van der Waals surface area (Å²) < 4.78 is 22.5. The maximum atomic E-state index is 13.0. The molecule has 2 fully saturated rings. The number of rotatable bonds is 7. The molecule has 1 aromatic heterocycles. The minimum absolute atomic E-state index is 0.183. The molecule has 224 valence electrons. The van der Waals surface area contributed by atoms with Crippen LogP contribution in [0.2, 0.25) is 0 Å². The van der Waals surface area contributed by atoms with Crippen LogP contribution in [0.3, 0.4) is 0 Å². The van der Waals surface area contributed by atoms with E-state index < -0.39 is 46.6 Å². The number of nitrogens with zero attached hydrogens (tertiary/aromatic N) is 4. The van der Waals surface area contributed by atoms with E-state index in [1.54, 1.807) is 27.8 Å². The third-order valence-corrected chi connectivity index (χ3v) is 7.74. The number of imidazole rings is 1. The minimum Gasteiger partial charge on any atom is -0.444 e. The van der Waals surface area contributed by atoms with Crippen molar-refractivity contribution in [2.24, 2.45) is 7.05 Å². The highest BCUT2D eigenvalue weighted by molar-refractivity contribution is 7.82. The van der Waals surface area contributed by atoms with E-state index in [0.29, 0.717) is 37.1 Å². The number of ether oxygens (including phenoxy) is 1. The van der Waals surface area contributed by atoms with E-state index in [1.807, 2.05) is 18.2 Å². The molecule has 2 aliphatic heterocycles. The zero-order valence-corrected chi connectivity index (χ0v) is 24.9. The zero-order chi connectivity index (χ0) is 30.1. The van der Waals surface area contributed by atoms with E-state index in [0.717, 1.165) is 12.0 Å². The number of imide groups is 1. The number of piperidine rings is 1. The first kappa shape index (κ1) is 30.4. The van der Waals surface area contributed by atoms with Gasteiger partial charge in [0.25, 0.3) is 5.91 Å². The van der Waals surface area contributed by atoms with E-state index in [9.17, 15) is 28.2 Å². The average Bonchev–Trinajstić information content (AvgIpc) is 3.12. The van der Waals surface area contributed by atoms with Crippen LogP contribution in [0.25, 0.3) is 11.0 Å². The molecule has 14 heteroatoms. The molecular weight excluding hydrogens is 552 g/mol. The molecule has 3 atom stereocenters. The van der Waals surface area contributed by atoms with Crippen molar-refractivity contribution in [3.8, 4) is 0 Å². The maximum absolute atomic E-state index is 13.0. The molecule has 2 saturated heterocycles. The van der Waals surface area contributed by atoms with Crippen LogP contribution in [-0.4, -0.2) is 91.0 Å².